The van der Waals surface area contributed by atoms with Gasteiger partial charge in [-0.3, -0.25) is 0 Å². The van der Waals surface area contributed by atoms with Crippen LogP contribution in [0.2, 0.25) is 0 Å². The summed E-state index contributed by atoms with van der Waals surface area (Å²) in [6.45, 7) is 5.26. The predicted molar refractivity (Wildman–Crippen MR) is 115 cm³/mol. The van der Waals surface area contributed by atoms with Crippen molar-refractivity contribution in [1.29, 1.82) is 0 Å². The molecule has 0 fully saturated rings. The van der Waals surface area contributed by atoms with Crippen LogP contribution in [0, 0.1) is 6.92 Å². The minimum Gasteiger partial charge on any atom is -0.494 e. The average molecular weight is 451 g/mol. The maximum absolute atomic E-state index is 6.03. The largest absolute Gasteiger partial charge is 0.494 e. The normalized spacial score (nSPS) is 13.1. The third kappa shape index (κ3) is 5.11. The van der Waals surface area contributed by atoms with Crippen molar-refractivity contribution in [1.82, 2.24) is 0 Å². The quantitative estimate of drug-likeness (QED) is 0.402. The van der Waals surface area contributed by atoms with Gasteiger partial charge < -0.3 is 15.8 Å². The zero-order chi connectivity index (χ0) is 16.9. The Morgan fingerprint density at radius 3 is 2.72 bits per heavy atom. The zero-order valence-corrected chi connectivity index (χ0v) is 17.2. The van der Waals surface area contributed by atoms with Crippen LogP contribution in [-0.2, 0) is 19.4 Å². The van der Waals surface area contributed by atoms with E-state index in [-0.39, 0.29) is 24.0 Å². The number of benzene rings is 2. The van der Waals surface area contributed by atoms with Gasteiger partial charge in [0, 0.05) is 5.69 Å². The number of nitrogens with zero attached hydrogens (tertiary/aromatic N) is 1. The van der Waals surface area contributed by atoms with Crippen molar-refractivity contribution < 1.29 is 4.74 Å². The van der Waals surface area contributed by atoms with Gasteiger partial charge in [0.05, 0.1) is 13.2 Å². The summed E-state index contributed by atoms with van der Waals surface area (Å²) in [6, 6.07) is 12.6. The number of nitrogens with two attached hydrogens (primary N) is 1. The fraction of sp³-hybridized carbons (Fsp3) is 0.350. The molecule has 0 heterocycles. The van der Waals surface area contributed by atoms with Crippen molar-refractivity contribution in [2.45, 2.75) is 39.7 Å². The van der Waals surface area contributed by atoms with Gasteiger partial charge in [-0.15, -0.1) is 24.0 Å². The van der Waals surface area contributed by atoms with Crippen LogP contribution in [0.1, 0.15) is 35.6 Å². The summed E-state index contributed by atoms with van der Waals surface area (Å²) in [5.41, 5.74) is 12.2. The van der Waals surface area contributed by atoms with Gasteiger partial charge in [-0.05, 0) is 73.6 Å². The second-order valence-electron chi connectivity index (χ2n) is 6.20. The summed E-state index contributed by atoms with van der Waals surface area (Å²) < 4.78 is 5.56. The van der Waals surface area contributed by atoms with Gasteiger partial charge in [0.2, 0.25) is 0 Å². The van der Waals surface area contributed by atoms with Crippen molar-refractivity contribution in [2.24, 2.45) is 10.7 Å². The highest BCUT2D eigenvalue weighted by atomic mass is 127. The summed E-state index contributed by atoms with van der Waals surface area (Å²) in [7, 11) is 0. The van der Waals surface area contributed by atoms with Crippen LogP contribution in [0.5, 0.6) is 5.75 Å². The van der Waals surface area contributed by atoms with Crippen molar-refractivity contribution in [3.63, 3.8) is 0 Å². The highest BCUT2D eigenvalue weighted by Crippen LogP contribution is 2.25. The SMILES string of the molecule is CCOc1ccc(CN=C(N)Nc2ccc3c(c2)CCC3)cc1C.I. The first-order chi connectivity index (χ1) is 11.7. The van der Waals surface area contributed by atoms with Crippen LogP contribution in [0.15, 0.2) is 41.4 Å². The van der Waals surface area contributed by atoms with Gasteiger partial charge in [-0.1, -0.05) is 18.2 Å². The van der Waals surface area contributed by atoms with E-state index in [9.17, 15) is 0 Å². The standard InChI is InChI=1S/C20H25N3O.HI/c1-3-24-19-10-7-15(11-14(19)2)13-22-20(21)23-18-9-8-16-5-4-6-17(16)12-18;/h7-12H,3-6,13H2,1-2H3,(H3,21,22,23);1H. The Hall–Kier alpha value is -1.76. The van der Waals surface area contributed by atoms with Crippen LogP contribution in [0.3, 0.4) is 0 Å². The number of anilines is 1. The summed E-state index contributed by atoms with van der Waals surface area (Å²) in [5, 5.41) is 3.19. The van der Waals surface area contributed by atoms with Crippen molar-refractivity contribution >= 4 is 35.6 Å². The molecule has 5 heteroatoms. The average Bonchev–Trinajstić information content (AvgIpc) is 3.03. The van der Waals surface area contributed by atoms with Crippen LogP contribution in [0.25, 0.3) is 0 Å². The van der Waals surface area contributed by atoms with E-state index in [1.807, 2.05) is 26.0 Å². The molecule has 0 aromatic heterocycles. The van der Waals surface area contributed by atoms with E-state index in [1.54, 1.807) is 0 Å². The molecule has 0 atom stereocenters. The number of nitrogens with one attached hydrogen (secondary N) is 1. The maximum atomic E-state index is 6.03. The molecule has 0 saturated carbocycles. The molecule has 2 aromatic rings. The Morgan fingerprint density at radius 1 is 1.16 bits per heavy atom. The molecule has 1 aliphatic rings. The van der Waals surface area contributed by atoms with Gasteiger partial charge in [-0.25, -0.2) is 4.99 Å². The molecule has 2 aromatic carbocycles. The summed E-state index contributed by atoms with van der Waals surface area (Å²) >= 11 is 0. The lowest BCUT2D eigenvalue weighted by Crippen LogP contribution is -2.22. The molecule has 0 saturated heterocycles. The number of ether oxygens (including phenoxy) is 1. The number of halogens is 1. The summed E-state index contributed by atoms with van der Waals surface area (Å²) in [4.78, 5) is 4.44. The second-order valence-corrected chi connectivity index (χ2v) is 6.20. The number of guanidine groups is 1. The van der Waals surface area contributed by atoms with Gasteiger partial charge in [0.15, 0.2) is 5.96 Å². The topological polar surface area (TPSA) is 59.6 Å². The first-order valence-corrected chi connectivity index (χ1v) is 8.57. The number of aliphatic imine (C=N–C) groups is 1. The molecule has 0 radical (unpaired) electrons. The molecule has 1 aliphatic carbocycles. The fourth-order valence-electron chi connectivity index (χ4n) is 3.14. The van der Waals surface area contributed by atoms with Crippen LogP contribution < -0.4 is 15.8 Å². The first-order valence-electron chi connectivity index (χ1n) is 8.57. The molecular weight excluding hydrogens is 425 g/mol. The summed E-state index contributed by atoms with van der Waals surface area (Å²) in [6.07, 6.45) is 3.60. The van der Waals surface area contributed by atoms with Gasteiger partial charge in [0.1, 0.15) is 5.75 Å². The van der Waals surface area contributed by atoms with E-state index < -0.39 is 0 Å². The molecule has 3 N–H and O–H groups in total. The predicted octanol–water partition coefficient (Wildman–Crippen LogP) is 4.43. The Labute approximate surface area is 166 Å². The Morgan fingerprint density at radius 2 is 1.96 bits per heavy atom. The van der Waals surface area contributed by atoms with E-state index in [1.165, 1.54) is 24.0 Å². The van der Waals surface area contributed by atoms with E-state index in [4.69, 9.17) is 10.5 Å². The van der Waals surface area contributed by atoms with Crippen molar-refractivity contribution in [2.75, 3.05) is 11.9 Å². The number of hydrogen-bond acceptors (Lipinski definition) is 2. The number of fused-ring (bicyclic) bond motifs is 1. The highest BCUT2D eigenvalue weighted by molar-refractivity contribution is 14.0. The minimum absolute atomic E-state index is 0. The Bertz CT molecular complexity index is 759. The number of aryl methyl sites for hydroxylation is 3. The lowest BCUT2D eigenvalue weighted by Gasteiger charge is -2.09. The van der Waals surface area contributed by atoms with Crippen LogP contribution in [-0.4, -0.2) is 12.6 Å². The Kier molecular flexibility index (Phi) is 7.11. The fourth-order valence-corrected chi connectivity index (χ4v) is 3.14. The highest BCUT2D eigenvalue weighted by Gasteiger charge is 2.10. The van der Waals surface area contributed by atoms with E-state index in [0.29, 0.717) is 19.1 Å². The lowest BCUT2D eigenvalue weighted by molar-refractivity contribution is 0.338. The van der Waals surface area contributed by atoms with Gasteiger partial charge >= 0.3 is 0 Å². The van der Waals surface area contributed by atoms with E-state index in [2.05, 4.69) is 34.6 Å². The molecule has 0 unspecified atom stereocenters. The smallest absolute Gasteiger partial charge is 0.193 e. The molecule has 4 nitrogen and oxygen atoms in total. The monoisotopic (exact) mass is 451 g/mol. The molecule has 0 aliphatic heterocycles. The van der Waals surface area contributed by atoms with E-state index >= 15 is 0 Å². The second kappa shape index (κ2) is 9.08. The third-order valence-electron chi connectivity index (χ3n) is 4.34. The van der Waals surface area contributed by atoms with E-state index in [0.717, 1.165) is 29.0 Å². The Balaban J connectivity index is 0.00000225. The molecule has 134 valence electrons. The van der Waals surface area contributed by atoms with Crippen molar-refractivity contribution in [3.05, 3.63) is 58.7 Å². The molecular formula is C20H26IN3O. The molecule has 0 spiro atoms. The maximum Gasteiger partial charge on any atom is 0.193 e. The molecule has 0 amide bonds. The molecule has 3 rings (SSSR count). The summed E-state index contributed by atoms with van der Waals surface area (Å²) in [5.74, 6) is 1.37. The lowest BCUT2D eigenvalue weighted by atomic mass is 10.1. The molecule has 25 heavy (non-hydrogen) atoms. The van der Waals surface area contributed by atoms with Crippen molar-refractivity contribution in [3.8, 4) is 5.75 Å². The number of rotatable bonds is 5. The minimum atomic E-state index is 0. The van der Waals surface area contributed by atoms with Gasteiger partial charge in [0.25, 0.3) is 0 Å². The molecule has 0 bridgehead atoms. The third-order valence-corrected chi connectivity index (χ3v) is 4.34. The van der Waals surface area contributed by atoms with Crippen LogP contribution in [0.4, 0.5) is 5.69 Å². The van der Waals surface area contributed by atoms with Gasteiger partial charge in [-0.2, -0.15) is 0 Å². The zero-order valence-electron chi connectivity index (χ0n) is 14.8. The first kappa shape index (κ1) is 19.6. The number of hydrogen-bond donors (Lipinski definition) is 2. The van der Waals surface area contributed by atoms with Crippen LogP contribution >= 0.6 is 24.0 Å².